The monoisotopic (exact) mass is 412 g/mol. The quantitative estimate of drug-likeness (QED) is 0.658. The normalized spacial score (nSPS) is 12.8. The zero-order valence-electron chi connectivity index (χ0n) is 11.4. The lowest BCUT2D eigenvalue weighted by Crippen LogP contribution is -2.08. The topological polar surface area (TPSA) is 38.0 Å². The molecule has 3 nitrogen and oxygen atoms in total. The van der Waals surface area contributed by atoms with Gasteiger partial charge in [-0.1, -0.05) is 23.7 Å². The van der Waals surface area contributed by atoms with Gasteiger partial charge in [0.15, 0.2) is 0 Å². The highest BCUT2D eigenvalue weighted by Crippen LogP contribution is 2.27. The van der Waals surface area contributed by atoms with Gasteiger partial charge in [-0.05, 0) is 58.5 Å². The molecule has 0 amide bonds. The van der Waals surface area contributed by atoms with Gasteiger partial charge in [-0.15, -0.1) is 0 Å². The van der Waals surface area contributed by atoms with Crippen molar-refractivity contribution in [3.63, 3.8) is 0 Å². The summed E-state index contributed by atoms with van der Waals surface area (Å²) in [6.07, 6.45) is -0.159. The van der Waals surface area contributed by atoms with E-state index in [9.17, 15) is 5.11 Å². The Morgan fingerprint density at radius 2 is 2.05 bits per heavy atom. The van der Waals surface area contributed by atoms with Crippen LogP contribution >= 0.6 is 34.2 Å². The van der Waals surface area contributed by atoms with Crippen LogP contribution in [0.1, 0.15) is 17.5 Å². The molecule has 21 heavy (non-hydrogen) atoms. The first-order valence-corrected chi connectivity index (χ1v) is 8.05. The van der Waals surface area contributed by atoms with Crippen LogP contribution in [0.5, 0.6) is 0 Å². The lowest BCUT2D eigenvalue weighted by molar-refractivity contribution is 0.174. The molecule has 0 fully saturated rings. The van der Waals surface area contributed by atoms with E-state index >= 15 is 0 Å². The third-order valence-electron chi connectivity index (χ3n) is 3.57. The number of halogens is 2. The number of imidazole rings is 1. The van der Waals surface area contributed by atoms with Crippen LogP contribution in [0.4, 0.5) is 0 Å². The second-order valence-electron chi connectivity index (χ2n) is 4.96. The fourth-order valence-corrected chi connectivity index (χ4v) is 3.31. The van der Waals surface area contributed by atoms with Crippen molar-refractivity contribution in [3.8, 4) is 0 Å². The molecule has 0 saturated heterocycles. The third-order valence-corrected chi connectivity index (χ3v) is 4.79. The van der Waals surface area contributed by atoms with Crippen molar-refractivity contribution in [2.45, 2.75) is 12.5 Å². The van der Waals surface area contributed by atoms with Gasteiger partial charge in [-0.25, -0.2) is 4.98 Å². The molecule has 0 aliphatic rings. The Labute approximate surface area is 141 Å². The van der Waals surface area contributed by atoms with Crippen LogP contribution in [0.3, 0.4) is 0 Å². The van der Waals surface area contributed by atoms with E-state index in [0.717, 1.165) is 26.0 Å². The summed E-state index contributed by atoms with van der Waals surface area (Å²) in [6.45, 7) is 0. The molecule has 0 saturated carbocycles. The average molecular weight is 413 g/mol. The number of aliphatic hydroxyl groups excluding tert-OH is 1. The van der Waals surface area contributed by atoms with Gasteiger partial charge >= 0.3 is 0 Å². The van der Waals surface area contributed by atoms with Gasteiger partial charge in [0.1, 0.15) is 5.82 Å². The van der Waals surface area contributed by atoms with Gasteiger partial charge in [0.2, 0.25) is 0 Å². The number of aliphatic hydroxyl groups is 1. The maximum absolute atomic E-state index is 10.5. The van der Waals surface area contributed by atoms with Crippen molar-refractivity contribution in [2.75, 3.05) is 0 Å². The molecule has 1 atom stereocenters. The Kier molecular flexibility index (Phi) is 4.19. The summed E-state index contributed by atoms with van der Waals surface area (Å²) in [5.74, 6) is 0.861. The van der Waals surface area contributed by atoms with Crippen molar-refractivity contribution in [1.82, 2.24) is 9.55 Å². The Hall–Kier alpha value is -1.11. The molecule has 3 aromatic rings. The van der Waals surface area contributed by atoms with Crippen molar-refractivity contribution >= 4 is 45.2 Å². The second-order valence-corrected chi connectivity index (χ2v) is 6.56. The van der Waals surface area contributed by atoms with Gasteiger partial charge < -0.3 is 9.67 Å². The van der Waals surface area contributed by atoms with E-state index in [1.807, 2.05) is 54.1 Å². The van der Waals surface area contributed by atoms with Crippen LogP contribution in [0.15, 0.2) is 42.5 Å². The number of hydrogen-bond acceptors (Lipinski definition) is 2. The number of benzene rings is 2. The van der Waals surface area contributed by atoms with Gasteiger partial charge in [0.25, 0.3) is 0 Å². The lowest BCUT2D eigenvalue weighted by atomic mass is 10.1. The largest absolute Gasteiger partial charge is 0.388 e. The van der Waals surface area contributed by atoms with Gasteiger partial charge in [0, 0.05) is 22.1 Å². The summed E-state index contributed by atoms with van der Waals surface area (Å²) in [5, 5.41) is 11.1. The van der Waals surface area contributed by atoms with Crippen molar-refractivity contribution in [3.05, 3.63) is 62.4 Å². The number of rotatable bonds is 3. The highest BCUT2D eigenvalue weighted by molar-refractivity contribution is 14.1. The molecule has 3 rings (SSSR count). The van der Waals surface area contributed by atoms with Crippen LogP contribution in [0.25, 0.3) is 11.0 Å². The second kappa shape index (κ2) is 5.94. The Bertz CT molecular complexity index is 800. The molecule has 1 N–H and O–H groups in total. The SMILES string of the molecule is Cn1c(CC(O)c2cc(Cl)ccc2I)nc2ccccc21. The van der Waals surface area contributed by atoms with E-state index in [1.165, 1.54) is 0 Å². The summed E-state index contributed by atoms with van der Waals surface area (Å²) < 4.78 is 3.03. The van der Waals surface area contributed by atoms with Gasteiger partial charge in [-0.3, -0.25) is 0 Å². The van der Waals surface area contributed by atoms with Crippen LogP contribution in [-0.4, -0.2) is 14.7 Å². The Morgan fingerprint density at radius 1 is 1.29 bits per heavy atom. The van der Waals surface area contributed by atoms with E-state index in [-0.39, 0.29) is 0 Å². The minimum absolute atomic E-state index is 0.460. The summed E-state index contributed by atoms with van der Waals surface area (Å²) >= 11 is 8.24. The minimum Gasteiger partial charge on any atom is -0.388 e. The number of hydrogen-bond donors (Lipinski definition) is 1. The predicted octanol–water partition coefficient (Wildman–Crippen LogP) is 4.11. The van der Waals surface area contributed by atoms with Gasteiger partial charge in [0.05, 0.1) is 17.1 Å². The van der Waals surface area contributed by atoms with Crippen LogP contribution in [-0.2, 0) is 13.5 Å². The standard InChI is InChI=1S/C16H14ClIN2O/c1-20-14-5-3-2-4-13(14)19-16(20)9-15(21)11-8-10(17)6-7-12(11)18/h2-8,15,21H,9H2,1H3. The van der Waals surface area contributed by atoms with E-state index in [4.69, 9.17) is 11.6 Å². The Morgan fingerprint density at radius 3 is 2.81 bits per heavy atom. The van der Waals surface area contributed by atoms with Crippen molar-refractivity contribution < 1.29 is 5.11 Å². The van der Waals surface area contributed by atoms with E-state index in [2.05, 4.69) is 27.6 Å². The first kappa shape index (κ1) is 14.8. The maximum Gasteiger partial charge on any atom is 0.112 e. The summed E-state index contributed by atoms with van der Waals surface area (Å²) in [4.78, 5) is 4.60. The van der Waals surface area contributed by atoms with Crippen molar-refractivity contribution in [1.29, 1.82) is 0 Å². The molecular weight excluding hydrogens is 399 g/mol. The summed E-state index contributed by atoms with van der Waals surface area (Å²) in [5.41, 5.74) is 2.86. The van der Waals surface area contributed by atoms with Gasteiger partial charge in [-0.2, -0.15) is 0 Å². The number of para-hydroxylation sites is 2. The fraction of sp³-hybridized carbons (Fsp3) is 0.188. The number of aromatic nitrogens is 2. The highest BCUT2D eigenvalue weighted by Gasteiger charge is 2.16. The molecule has 2 aromatic carbocycles. The molecule has 108 valence electrons. The number of nitrogens with zero attached hydrogens (tertiary/aromatic N) is 2. The molecule has 1 aromatic heterocycles. The van der Waals surface area contributed by atoms with Crippen molar-refractivity contribution in [2.24, 2.45) is 7.05 Å². The first-order chi connectivity index (χ1) is 10.1. The molecule has 0 radical (unpaired) electrons. The Balaban J connectivity index is 1.94. The van der Waals surface area contributed by atoms with Crippen LogP contribution < -0.4 is 0 Å². The molecule has 0 spiro atoms. The highest BCUT2D eigenvalue weighted by atomic mass is 127. The van der Waals surface area contributed by atoms with Crippen LogP contribution in [0, 0.1) is 3.57 Å². The number of fused-ring (bicyclic) bond motifs is 1. The third kappa shape index (κ3) is 2.93. The summed E-state index contributed by atoms with van der Waals surface area (Å²) in [6, 6.07) is 13.5. The zero-order chi connectivity index (χ0) is 15.0. The van der Waals surface area contributed by atoms with Crippen LogP contribution in [0.2, 0.25) is 5.02 Å². The van der Waals surface area contributed by atoms with E-state index in [0.29, 0.717) is 11.4 Å². The molecule has 0 aliphatic carbocycles. The fourth-order valence-electron chi connectivity index (χ4n) is 2.43. The lowest BCUT2D eigenvalue weighted by Gasteiger charge is -2.13. The smallest absolute Gasteiger partial charge is 0.112 e. The van der Waals surface area contributed by atoms with E-state index in [1.54, 1.807) is 0 Å². The number of aryl methyl sites for hydroxylation is 1. The predicted molar refractivity (Wildman–Crippen MR) is 93.5 cm³/mol. The zero-order valence-corrected chi connectivity index (χ0v) is 14.3. The molecule has 5 heteroatoms. The summed E-state index contributed by atoms with van der Waals surface area (Å²) in [7, 11) is 1.97. The molecule has 1 heterocycles. The van der Waals surface area contributed by atoms with E-state index < -0.39 is 6.10 Å². The minimum atomic E-state index is -0.619. The molecule has 0 aliphatic heterocycles. The molecular formula is C16H14ClIN2O. The maximum atomic E-state index is 10.5. The first-order valence-electron chi connectivity index (χ1n) is 6.59. The average Bonchev–Trinajstić information content (AvgIpc) is 2.78. The molecule has 0 bridgehead atoms. The molecule has 1 unspecified atom stereocenters.